The Hall–Kier alpha value is -1.00. The highest BCUT2D eigenvalue weighted by atomic mass is 32.2. The predicted octanol–water partition coefficient (Wildman–Crippen LogP) is 3.16. The molecule has 0 spiro atoms. The minimum atomic E-state index is 0.178. The first kappa shape index (κ1) is 16.4. The molecule has 0 radical (unpaired) electrons. The molecule has 0 unspecified atom stereocenters. The summed E-state index contributed by atoms with van der Waals surface area (Å²) >= 11 is 1.74. The van der Waals surface area contributed by atoms with Gasteiger partial charge in [-0.15, -0.1) is 11.8 Å². The van der Waals surface area contributed by atoms with Gasteiger partial charge < -0.3 is 10.2 Å². The van der Waals surface area contributed by atoms with Gasteiger partial charge >= 0.3 is 0 Å². The molecule has 1 amide bonds. The molecule has 2 rings (SSSR count). The van der Waals surface area contributed by atoms with Crippen LogP contribution in [0.4, 0.5) is 0 Å². The summed E-state index contributed by atoms with van der Waals surface area (Å²) in [5.74, 6) is 1.03. The molecular formula is C17H26N2OS. The maximum atomic E-state index is 11.7. The number of piperidine rings is 1. The van der Waals surface area contributed by atoms with Crippen LogP contribution in [0.5, 0.6) is 0 Å². The second-order valence-corrected chi connectivity index (χ2v) is 6.69. The fourth-order valence-electron chi connectivity index (χ4n) is 2.58. The molecule has 1 aliphatic rings. The van der Waals surface area contributed by atoms with E-state index in [-0.39, 0.29) is 5.91 Å². The molecule has 1 aliphatic heterocycles. The Balaban J connectivity index is 1.47. The number of hydrogen-bond donors (Lipinski definition) is 1. The van der Waals surface area contributed by atoms with Gasteiger partial charge in [0.05, 0.1) is 0 Å². The van der Waals surface area contributed by atoms with Crippen molar-refractivity contribution in [2.75, 3.05) is 31.9 Å². The van der Waals surface area contributed by atoms with Crippen LogP contribution in [0.25, 0.3) is 0 Å². The van der Waals surface area contributed by atoms with Crippen molar-refractivity contribution in [2.24, 2.45) is 0 Å². The maximum absolute atomic E-state index is 11.7. The number of carbonyl (C=O) groups excluding carboxylic acids is 1. The third kappa shape index (κ3) is 7.00. The summed E-state index contributed by atoms with van der Waals surface area (Å²) in [4.78, 5) is 15.5. The Labute approximate surface area is 132 Å². The first-order valence-electron chi connectivity index (χ1n) is 8.01. The summed E-state index contributed by atoms with van der Waals surface area (Å²) in [5, 5.41) is 3.03. The van der Waals surface area contributed by atoms with E-state index in [1.807, 2.05) is 18.2 Å². The Morgan fingerprint density at radius 3 is 2.67 bits per heavy atom. The Morgan fingerprint density at radius 1 is 1.14 bits per heavy atom. The topological polar surface area (TPSA) is 32.3 Å². The van der Waals surface area contributed by atoms with E-state index >= 15 is 0 Å². The average molecular weight is 306 g/mol. The zero-order valence-corrected chi connectivity index (χ0v) is 13.5. The minimum Gasteiger partial charge on any atom is -0.356 e. The van der Waals surface area contributed by atoms with Crippen LogP contribution in [-0.4, -0.2) is 42.7 Å². The lowest BCUT2D eigenvalue weighted by atomic mass is 10.1. The van der Waals surface area contributed by atoms with Crippen LogP contribution >= 0.6 is 11.8 Å². The second-order valence-electron chi connectivity index (χ2n) is 5.52. The molecule has 1 saturated heterocycles. The molecule has 1 aromatic carbocycles. The molecule has 0 saturated carbocycles. The van der Waals surface area contributed by atoms with Crippen LogP contribution in [0.3, 0.4) is 0 Å². The molecule has 1 aromatic rings. The number of amides is 1. The van der Waals surface area contributed by atoms with E-state index in [1.165, 1.54) is 37.2 Å². The normalized spacial score (nSPS) is 15.8. The van der Waals surface area contributed by atoms with Gasteiger partial charge in [0.15, 0.2) is 0 Å². The molecule has 3 nitrogen and oxygen atoms in total. The summed E-state index contributed by atoms with van der Waals surface area (Å²) in [7, 11) is 0. The first-order valence-corrected chi connectivity index (χ1v) is 9.00. The lowest BCUT2D eigenvalue weighted by molar-refractivity contribution is -0.120. The molecule has 1 heterocycles. The molecule has 1 fully saturated rings. The number of thioether (sulfide) groups is 1. The summed E-state index contributed by atoms with van der Waals surface area (Å²) in [6, 6.07) is 10.2. The van der Waals surface area contributed by atoms with Crippen LogP contribution in [0.1, 0.15) is 32.1 Å². The first-order chi connectivity index (χ1) is 10.3. The lowest BCUT2D eigenvalue weighted by Crippen LogP contribution is -2.33. The van der Waals surface area contributed by atoms with Crippen LogP contribution in [0.2, 0.25) is 0 Å². The van der Waals surface area contributed by atoms with Crippen molar-refractivity contribution in [1.82, 2.24) is 10.2 Å². The molecule has 4 heteroatoms. The summed E-state index contributed by atoms with van der Waals surface area (Å²) in [6.07, 6.45) is 5.72. The number of nitrogens with zero attached hydrogens (tertiary/aromatic N) is 1. The summed E-state index contributed by atoms with van der Waals surface area (Å²) < 4.78 is 0. The van der Waals surface area contributed by atoms with E-state index in [4.69, 9.17) is 0 Å². The van der Waals surface area contributed by atoms with Gasteiger partial charge in [-0.3, -0.25) is 4.79 Å². The van der Waals surface area contributed by atoms with Crippen LogP contribution in [0, 0.1) is 0 Å². The van der Waals surface area contributed by atoms with Gasteiger partial charge in [-0.05, 0) is 51.0 Å². The fourth-order valence-corrected chi connectivity index (χ4v) is 3.45. The molecule has 116 valence electrons. The maximum Gasteiger partial charge on any atom is 0.220 e. The van der Waals surface area contributed by atoms with Crippen molar-refractivity contribution in [3.63, 3.8) is 0 Å². The van der Waals surface area contributed by atoms with Gasteiger partial charge in [0.2, 0.25) is 5.91 Å². The molecule has 0 bridgehead atoms. The second kappa shape index (κ2) is 9.85. The Bertz CT molecular complexity index is 405. The van der Waals surface area contributed by atoms with Crippen molar-refractivity contribution < 1.29 is 4.79 Å². The lowest BCUT2D eigenvalue weighted by Gasteiger charge is -2.26. The highest BCUT2D eigenvalue weighted by Crippen LogP contribution is 2.17. The quantitative estimate of drug-likeness (QED) is 0.591. The molecule has 21 heavy (non-hydrogen) atoms. The molecule has 0 atom stereocenters. The zero-order chi connectivity index (χ0) is 14.8. The van der Waals surface area contributed by atoms with Crippen molar-refractivity contribution in [3.05, 3.63) is 30.3 Å². The Morgan fingerprint density at radius 2 is 1.90 bits per heavy atom. The Kier molecular flexibility index (Phi) is 7.68. The van der Waals surface area contributed by atoms with Crippen molar-refractivity contribution in [2.45, 2.75) is 37.0 Å². The predicted molar refractivity (Wildman–Crippen MR) is 89.7 cm³/mol. The van der Waals surface area contributed by atoms with E-state index < -0.39 is 0 Å². The van der Waals surface area contributed by atoms with Crippen molar-refractivity contribution in [1.29, 1.82) is 0 Å². The van der Waals surface area contributed by atoms with Gasteiger partial charge in [-0.1, -0.05) is 24.6 Å². The van der Waals surface area contributed by atoms with E-state index in [9.17, 15) is 4.79 Å². The number of nitrogens with one attached hydrogen (secondary N) is 1. The van der Waals surface area contributed by atoms with Gasteiger partial charge in [0, 0.05) is 23.6 Å². The van der Waals surface area contributed by atoms with Gasteiger partial charge in [0.1, 0.15) is 0 Å². The monoisotopic (exact) mass is 306 g/mol. The SMILES string of the molecule is O=C(CCSc1ccccc1)NCCCN1CCCCC1. The number of hydrogen-bond acceptors (Lipinski definition) is 3. The summed E-state index contributed by atoms with van der Waals surface area (Å²) in [5.41, 5.74) is 0. The van der Waals surface area contributed by atoms with E-state index in [0.717, 1.165) is 25.3 Å². The van der Waals surface area contributed by atoms with Crippen LogP contribution in [0.15, 0.2) is 35.2 Å². The van der Waals surface area contributed by atoms with Crippen LogP contribution < -0.4 is 5.32 Å². The third-order valence-corrected chi connectivity index (χ3v) is 4.78. The van der Waals surface area contributed by atoms with Crippen LogP contribution in [-0.2, 0) is 4.79 Å². The zero-order valence-electron chi connectivity index (χ0n) is 12.7. The number of benzene rings is 1. The minimum absolute atomic E-state index is 0.178. The number of likely N-dealkylation sites (tertiary alicyclic amines) is 1. The van der Waals surface area contributed by atoms with E-state index in [2.05, 4.69) is 22.3 Å². The van der Waals surface area contributed by atoms with Crippen molar-refractivity contribution >= 4 is 17.7 Å². The van der Waals surface area contributed by atoms with Crippen molar-refractivity contribution in [3.8, 4) is 0 Å². The smallest absolute Gasteiger partial charge is 0.220 e. The molecular weight excluding hydrogens is 280 g/mol. The highest BCUT2D eigenvalue weighted by Gasteiger charge is 2.09. The van der Waals surface area contributed by atoms with Gasteiger partial charge in [0.25, 0.3) is 0 Å². The molecule has 1 N–H and O–H groups in total. The van der Waals surface area contributed by atoms with Gasteiger partial charge in [-0.2, -0.15) is 0 Å². The standard InChI is InChI=1S/C17H26N2OS/c20-17(10-15-21-16-8-3-1-4-9-16)18-11-7-14-19-12-5-2-6-13-19/h1,3-4,8-9H,2,5-7,10-15H2,(H,18,20). The molecule has 0 aliphatic carbocycles. The average Bonchev–Trinajstić information content (AvgIpc) is 2.54. The summed E-state index contributed by atoms with van der Waals surface area (Å²) in [6.45, 7) is 4.41. The van der Waals surface area contributed by atoms with E-state index in [0.29, 0.717) is 6.42 Å². The fraction of sp³-hybridized carbons (Fsp3) is 0.588. The van der Waals surface area contributed by atoms with Gasteiger partial charge in [-0.25, -0.2) is 0 Å². The number of carbonyl (C=O) groups is 1. The largest absolute Gasteiger partial charge is 0.356 e. The number of rotatable bonds is 8. The highest BCUT2D eigenvalue weighted by molar-refractivity contribution is 7.99. The molecule has 0 aromatic heterocycles. The van der Waals surface area contributed by atoms with E-state index in [1.54, 1.807) is 11.8 Å². The third-order valence-electron chi connectivity index (χ3n) is 3.76.